The van der Waals surface area contributed by atoms with Crippen molar-refractivity contribution in [2.75, 3.05) is 19.7 Å². The van der Waals surface area contributed by atoms with Gasteiger partial charge in [-0.1, -0.05) is 0 Å². The van der Waals surface area contributed by atoms with Gasteiger partial charge in [-0.15, -0.1) is 0 Å². The smallest absolute Gasteiger partial charge is 0.323 e. The van der Waals surface area contributed by atoms with Crippen LogP contribution in [0.4, 0.5) is 0 Å². The van der Waals surface area contributed by atoms with Crippen molar-refractivity contribution in [1.82, 2.24) is 4.90 Å². The maximum atomic E-state index is 11.7. The average Bonchev–Trinajstić information content (AvgIpc) is 2.72. The summed E-state index contributed by atoms with van der Waals surface area (Å²) in [5, 5.41) is 0. The minimum Gasteiger partial charge on any atom is -0.465 e. The number of nitrogens with two attached hydrogens (primary N) is 1. The number of rotatable bonds is 4. The minimum atomic E-state index is -0.0482. The monoisotopic (exact) mass is 226 g/mol. The highest BCUT2D eigenvalue weighted by Gasteiger charge is 2.36. The van der Waals surface area contributed by atoms with Crippen LogP contribution in [0.1, 0.15) is 32.6 Å². The molecule has 1 aliphatic heterocycles. The van der Waals surface area contributed by atoms with Crippen LogP contribution in [0.25, 0.3) is 0 Å². The zero-order valence-corrected chi connectivity index (χ0v) is 10.0. The minimum absolute atomic E-state index is 0.00671. The van der Waals surface area contributed by atoms with Crippen molar-refractivity contribution >= 4 is 5.97 Å². The van der Waals surface area contributed by atoms with E-state index in [9.17, 15) is 4.79 Å². The predicted molar refractivity (Wildman–Crippen MR) is 61.9 cm³/mol. The summed E-state index contributed by atoms with van der Waals surface area (Å²) in [6.07, 6.45) is 4.40. The highest BCUT2D eigenvalue weighted by Crippen LogP contribution is 2.29. The van der Waals surface area contributed by atoms with E-state index in [-0.39, 0.29) is 12.0 Å². The Morgan fingerprint density at radius 3 is 2.81 bits per heavy atom. The molecule has 0 aromatic carbocycles. The summed E-state index contributed by atoms with van der Waals surface area (Å²) in [6.45, 7) is 4.34. The van der Waals surface area contributed by atoms with Crippen LogP contribution in [0.3, 0.4) is 0 Å². The largest absolute Gasteiger partial charge is 0.465 e. The van der Waals surface area contributed by atoms with Crippen LogP contribution in [-0.2, 0) is 9.53 Å². The molecule has 4 nitrogen and oxygen atoms in total. The quantitative estimate of drug-likeness (QED) is 0.719. The molecule has 1 heterocycles. The highest BCUT2D eigenvalue weighted by molar-refractivity contribution is 5.76. The van der Waals surface area contributed by atoms with Crippen LogP contribution in [-0.4, -0.2) is 42.6 Å². The third-order valence-electron chi connectivity index (χ3n) is 3.87. The van der Waals surface area contributed by atoms with Gasteiger partial charge in [0.25, 0.3) is 0 Å². The van der Waals surface area contributed by atoms with Crippen LogP contribution in [0.2, 0.25) is 0 Å². The van der Waals surface area contributed by atoms with Crippen LogP contribution in [0.5, 0.6) is 0 Å². The van der Waals surface area contributed by atoms with E-state index in [4.69, 9.17) is 10.5 Å². The number of likely N-dealkylation sites (tertiary alicyclic amines) is 1. The van der Waals surface area contributed by atoms with E-state index in [2.05, 4.69) is 4.90 Å². The molecule has 3 atom stereocenters. The standard InChI is InChI=1S/C12H22N2O2/c1-2-16-12(15)11-4-3-7-14(11)8-9-5-6-10(9)13/h9-11H,2-8,13H2,1H3. The first-order valence-electron chi connectivity index (χ1n) is 6.38. The van der Waals surface area contributed by atoms with E-state index < -0.39 is 0 Å². The number of hydrogen-bond donors (Lipinski definition) is 1. The number of carbonyl (C=O) groups is 1. The molecule has 2 aliphatic rings. The van der Waals surface area contributed by atoms with Crippen LogP contribution < -0.4 is 5.73 Å². The van der Waals surface area contributed by atoms with Gasteiger partial charge in [-0.3, -0.25) is 9.69 Å². The Balaban J connectivity index is 1.85. The lowest BCUT2D eigenvalue weighted by molar-refractivity contribution is -0.148. The molecule has 2 N–H and O–H groups in total. The van der Waals surface area contributed by atoms with E-state index in [1.165, 1.54) is 6.42 Å². The van der Waals surface area contributed by atoms with Gasteiger partial charge in [-0.25, -0.2) is 0 Å². The van der Waals surface area contributed by atoms with Crippen molar-refractivity contribution in [1.29, 1.82) is 0 Å². The summed E-state index contributed by atoms with van der Waals surface area (Å²) >= 11 is 0. The summed E-state index contributed by atoms with van der Waals surface area (Å²) in [5.41, 5.74) is 5.94. The molecular weight excluding hydrogens is 204 g/mol. The Labute approximate surface area is 97.1 Å². The molecule has 1 saturated carbocycles. The Morgan fingerprint density at radius 2 is 2.25 bits per heavy atom. The molecule has 0 radical (unpaired) electrons. The van der Waals surface area contributed by atoms with E-state index in [0.29, 0.717) is 18.6 Å². The normalized spacial score (nSPS) is 34.8. The molecule has 0 aromatic rings. The van der Waals surface area contributed by atoms with Gasteiger partial charge in [-0.2, -0.15) is 0 Å². The molecule has 0 aromatic heterocycles. The average molecular weight is 226 g/mol. The SMILES string of the molecule is CCOC(=O)C1CCCN1CC1CCC1N. The van der Waals surface area contributed by atoms with Crippen molar-refractivity contribution < 1.29 is 9.53 Å². The Bertz CT molecular complexity index is 257. The lowest BCUT2D eigenvalue weighted by atomic mass is 9.80. The van der Waals surface area contributed by atoms with Gasteiger partial charge in [0, 0.05) is 12.6 Å². The van der Waals surface area contributed by atoms with E-state index in [0.717, 1.165) is 32.4 Å². The summed E-state index contributed by atoms with van der Waals surface area (Å²) in [5.74, 6) is 0.544. The van der Waals surface area contributed by atoms with Crippen LogP contribution >= 0.6 is 0 Å². The highest BCUT2D eigenvalue weighted by atomic mass is 16.5. The molecule has 16 heavy (non-hydrogen) atoms. The fraction of sp³-hybridized carbons (Fsp3) is 0.917. The summed E-state index contributed by atoms with van der Waals surface area (Å²) in [7, 11) is 0. The molecule has 1 aliphatic carbocycles. The molecule has 2 fully saturated rings. The maximum Gasteiger partial charge on any atom is 0.323 e. The second-order valence-electron chi connectivity index (χ2n) is 4.91. The van der Waals surface area contributed by atoms with E-state index in [1.54, 1.807) is 0 Å². The van der Waals surface area contributed by atoms with Crippen molar-refractivity contribution in [3.8, 4) is 0 Å². The number of carbonyl (C=O) groups excluding carboxylic acids is 1. The van der Waals surface area contributed by atoms with Gasteiger partial charge < -0.3 is 10.5 Å². The summed E-state index contributed by atoms with van der Waals surface area (Å²) < 4.78 is 5.10. The van der Waals surface area contributed by atoms with Crippen LogP contribution in [0.15, 0.2) is 0 Å². The fourth-order valence-corrected chi connectivity index (χ4v) is 2.67. The van der Waals surface area contributed by atoms with Gasteiger partial charge >= 0.3 is 5.97 Å². The molecule has 1 saturated heterocycles. The second-order valence-corrected chi connectivity index (χ2v) is 4.91. The molecular formula is C12H22N2O2. The molecule has 2 rings (SSSR count). The number of ether oxygens (including phenoxy) is 1. The fourth-order valence-electron chi connectivity index (χ4n) is 2.67. The molecule has 3 unspecified atom stereocenters. The third kappa shape index (κ3) is 2.38. The van der Waals surface area contributed by atoms with Crippen molar-refractivity contribution in [3.63, 3.8) is 0 Å². The molecule has 0 bridgehead atoms. The van der Waals surface area contributed by atoms with Gasteiger partial charge in [0.2, 0.25) is 0 Å². The van der Waals surface area contributed by atoms with Gasteiger partial charge in [-0.05, 0) is 45.1 Å². The number of nitrogens with zero attached hydrogens (tertiary/aromatic N) is 1. The van der Waals surface area contributed by atoms with Crippen molar-refractivity contribution in [2.45, 2.75) is 44.7 Å². The zero-order valence-electron chi connectivity index (χ0n) is 10.0. The number of esters is 1. The first-order valence-corrected chi connectivity index (χ1v) is 6.38. The van der Waals surface area contributed by atoms with Gasteiger partial charge in [0.05, 0.1) is 6.61 Å². The van der Waals surface area contributed by atoms with E-state index >= 15 is 0 Å². The van der Waals surface area contributed by atoms with Gasteiger partial charge in [0.1, 0.15) is 6.04 Å². The van der Waals surface area contributed by atoms with E-state index in [1.807, 2.05) is 6.92 Å². The lowest BCUT2D eigenvalue weighted by Crippen LogP contribution is -2.48. The topological polar surface area (TPSA) is 55.6 Å². The number of hydrogen-bond acceptors (Lipinski definition) is 4. The Kier molecular flexibility index (Phi) is 3.82. The predicted octanol–water partition coefficient (Wildman–Crippen LogP) is 0.751. The summed E-state index contributed by atoms with van der Waals surface area (Å²) in [4.78, 5) is 14.0. The molecule has 4 heteroatoms. The lowest BCUT2D eigenvalue weighted by Gasteiger charge is -2.37. The van der Waals surface area contributed by atoms with Crippen molar-refractivity contribution in [3.05, 3.63) is 0 Å². The van der Waals surface area contributed by atoms with Crippen LogP contribution in [0, 0.1) is 5.92 Å². The second kappa shape index (κ2) is 5.15. The first-order chi connectivity index (χ1) is 7.72. The Hall–Kier alpha value is -0.610. The third-order valence-corrected chi connectivity index (χ3v) is 3.87. The summed E-state index contributed by atoms with van der Waals surface area (Å²) in [6, 6.07) is 0.344. The zero-order chi connectivity index (χ0) is 11.5. The molecule has 0 spiro atoms. The van der Waals surface area contributed by atoms with Crippen molar-refractivity contribution in [2.24, 2.45) is 11.7 Å². The first kappa shape index (κ1) is 11.9. The molecule has 0 amide bonds. The van der Waals surface area contributed by atoms with Gasteiger partial charge in [0.15, 0.2) is 0 Å². The Morgan fingerprint density at radius 1 is 1.44 bits per heavy atom. The maximum absolute atomic E-state index is 11.7. The molecule has 92 valence electrons.